The first-order valence-corrected chi connectivity index (χ1v) is 9.79. The van der Waals surface area contributed by atoms with Gasteiger partial charge < -0.3 is 19.0 Å². The summed E-state index contributed by atoms with van der Waals surface area (Å²) in [5.41, 5.74) is 2.66. The van der Waals surface area contributed by atoms with Gasteiger partial charge in [-0.25, -0.2) is 4.79 Å². The van der Waals surface area contributed by atoms with Crippen molar-refractivity contribution in [1.29, 1.82) is 5.26 Å². The molecule has 3 rings (SSSR count). The number of ether oxygens (including phenoxy) is 1. The van der Waals surface area contributed by atoms with Crippen molar-refractivity contribution in [2.45, 2.75) is 20.4 Å². The zero-order valence-electron chi connectivity index (χ0n) is 17.0. The van der Waals surface area contributed by atoms with Gasteiger partial charge in [0, 0.05) is 16.8 Å². The summed E-state index contributed by atoms with van der Waals surface area (Å²) in [5.74, 6) is -0.215. The summed E-state index contributed by atoms with van der Waals surface area (Å²) in [6.07, 6.45) is 4.32. The predicted octanol–water partition coefficient (Wildman–Crippen LogP) is 4.47. The topological polar surface area (TPSA) is 97.3 Å². The minimum atomic E-state index is -0.672. The van der Waals surface area contributed by atoms with Crippen LogP contribution in [0.2, 0.25) is 5.02 Å². The fraction of sp³-hybridized carbons (Fsp3) is 0.174. The van der Waals surface area contributed by atoms with E-state index >= 15 is 0 Å². The molecular formula is C23H20ClN3O4. The molecule has 0 spiro atoms. The molecule has 0 radical (unpaired) electrons. The van der Waals surface area contributed by atoms with Gasteiger partial charge in [0.2, 0.25) is 0 Å². The molecule has 1 N–H and O–H groups in total. The molecule has 0 aliphatic heterocycles. The van der Waals surface area contributed by atoms with E-state index in [1.165, 1.54) is 6.08 Å². The van der Waals surface area contributed by atoms with Gasteiger partial charge in [-0.1, -0.05) is 23.7 Å². The van der Waals surface area contributed by atoms with Crippen molar-refractivity contribution < 1.29 is 18.7 Å². The van der Waals surface area contributed by atoms with Gasteiger partial charge >= 0.3 is 5.97 Å². The summed E-state index contributed by atoms with van der Waals surface area (Å²) in [4.78, 5) is 24.3. The molecule has 2 heterocycles. The Bertz CT molecular complexity index is 1170. The van der Waals surface area contributed by atoms with Crippen molar-refractivity contribution in [3.8, 4) is 6.07 Å². The predicted molar refractivity (Wildman–Crippen MR) is 117 cm³/mol. The summed E-state index contributed by atoms with van der Waals surface area (Å²) in [7, 11) is 0. The normalized spacial score (nSPS) is 10.8. The Morgan fingerprint density at radius 2 is 2.10 bits per heavy atom. The fourth-order valence-electron chi connectivity index (χ4n) is 3.01. The summed E-state index contributed by atoms with van der Waals surface area (Å²) < 4.78 is 12.2. The van der Waals surface area contributed by atoms with E-state index in [4.69, 9.17) is 20.8 Å². The number of carbonyl (C=O) groups excluding carboxylic acids is 2. The molecular weight excluding hydrogens is 418 g/mol. The number of nitrogens with one attached hydrogen (secondary N) is 1. The van der Waals surface area contributed by atoms with Gasteiger partial charge in [-0.3, -0.25) is 4.79 Å². The molecule has 3 aromatic rings. The number of esters is 1. The number of nitrogens with zero attached hydrogens (tertiary/aromatic N) is 2. The fourth-order valence-corrected chi connectivity index (χ4v) is 3.21. The first-order chi connectivity index (χ1) is 14.9. The van der Waals surface area contributed by atoms with Gasteiger partial charge in [-0.15, -0.1) is 0 Å². The van der Waals surface area contributed by atoms with E-state index in [1.54, 1.807) is 53.3 Å². The first-order valence-electron chi connectivity index (χ1n) is 9.41. The van der Waals surface area contributed by atoms with Crippen LogP contribution in [0.4, 0.5) is 5.82 Å². The minimum absolute atomic E-state index is 0.337. The highest BCUT2D eigenvalue weighted by Crippen LogP contribution is 2.27. The van der Waals surface area contributed by atoms with Crippen LogP contribution in [0.5, 0.6) is 0 Å². The molecule has 7 nitrogen and oxygen atoms in total. The number of furan rings is 1. The van der Waals surface area contributed by atoms with Crippen LogP contribution in [0.3, 0.4) is 0 Å². The molecule has 0 saturated heterocycles. The van der Waals surface area contributed by atoms with Gasteiger partial charge in [0.05, 0.1) is 18.4 Å². The molecule has 0 atom stereocenters. The highest BCUT2D eigenvalue weighted by Gasteiger charge is 2.20. The van der Waals surface area contributed by atoms with Crippen molar-refractivity contribution in [2.75, 3.05) is 11.9 Å². The van der Waals surface area contributed by atoms with E-state index in [9.17, 15) is 14.9 Å². The number of benzene rings is 1. The lowest BCUT2D eigenvalue weighted by Gasteiger charge is -2.12. The molecule has 0 aliphatic rings. The van der Waals surface area contributed by atoms with Gasteiger partial charge in [-0.2, -0.15) is 5.26 Å². The number of amides is 1. The van der Waals surface area contributed by atoms with Gasteiger partial charge in [0.15, 0.2) is 6.61 Å². The number of carbonyl (C=O) groups is 2. The molecule has 2 aromatic heterocycles. The smallest absolute Gasteiger partial charge is 0.331 e. The number of rotatable bonds is 7. The largest absolute Gasteiger partial charge is 0.467 e. The lowest BCUT2D eigenvalue weighted by Crippen LogP contribution is -2.22. The molecule has 31 heavy (non-hydrogen) atoms. The number of aromatic nitrogens is 1. The number of nitriles is 1. The summed E-state index contributed by atoms with van der Waals surface area (Å²) in [6.45, 7) is 3.52. The van der Waals surface area contributed by atoms with E-state index in [2.05, 4.69) is 11.4 Å². The Labute approximate surface area is 184 Å². The molecule has 1 amide bonds. The SMILES string of the molecule is Cc1c(C#N)c(NC(=O)COC(=O)/C=C/c2cccc(Cl)c2)n(Cc2ccco2)c1C. The third-order valence-corrected chi connectivity index (χ3v) is 4.93. The van der Waals surface area contributed by atoms with Crippen molar-refractivity contribution >= 4 is 35.4 Å². The second-order valence-electron chi connectivity index (χ2n) is 6.76. The van der Waals surface area contributed by atoms with Crippen molar-refractivity contribution in [3.05, 3.63) is 81.9 Å². The quantitative estimate of drug-likeness (QED) is 0.434. The zero-order valence-corrected chi connectivity index (χ0v) is 17.8. The summed E-state index contributed by atoms with van der Waals surface area (Å²) in [6, 6.07) is 12.7. The summed E-state index contributed by atoms with van der Waals surface area (Å²) >= 11 is 5.90. The second-order valence-corrected chi connectivity index (χ2v) is 7.19. The maximum absolute atomic E-state index is 12.4. The van der Waals surface area contributed by atoms with Crippen LogP contribution in [0.15, 0.2) is 53.2 Å². The molecule has 0 unspecified atom stereocenters. The number of anilines is 1. The van der Waals surface area contributed by atoms with Crippen LogP contribution >= 0.6 is 11.6 Å². The highest BCUT2D eigenvalue weighted by molar-refractivity contribution is 6.30. The van der Waals surface area contributed by atoms with Crippen LogP contribution in [-0.4, -0.2) is 23.1 Å². The number of hydrogen-bond acceptors (Lipinski definition) is 5. The van der Waals surface area contributed by atoms with Crippen LogP contribution in [0, 0.1) is 25.2 Å². The van der Waals surface area contributed by atoms with Crippen LogP contribution in [-0.2, 0) is 20.9 Å². The minimum Gasteiger partial charge on any atom is -0.467 e. The Morgan fingerprint density at radius 1 is 1.29 bits per heavy atom. The van der Waals surface area contributed by atoms with E-state index in [-0.39, 0.29) is 0 Å². The lowest BCUT2D eigenvalue weighted by atomic mass is 10.2. The molecule has 158 valence electrons. The number of hydrogen-bond donors (Lipinski definition) is 1. The molecule has 0 saturated carbocycles. The third-order valence-electron chi connectivity index (χ3n) is 4.70. The maximum Gasteiger partial charge on any atom is 0.331 e. The average molecular weight is 438 g/mol. The Morgan fingerprint density at radius 3 is 2.77 bits per heavy atom. The Kier molecular flexibility index (Phi) is 6.96. The maximum atomic E-state index is 12.4. The third kappa shape index (κ3) is 5.44. The Hall–Kier alpha value is -3.76. The Balaban J connectivity index is 1.66. The summed E-state index contributed by atoms with van der Waals surface area (Å²) in [5, 5.41) is 12.8. The zero-order chi connectivity index (χ0) is 22.4. The lowest BCUT2D eigenvalue weighted by molar-refractivity contribution is -0.142. The van der Waals surface area contributed by atoms with Crippen LogP contribution in [0.25, 0.3) is 6.08 Å². The van der Waals surface area contributed by atoms with E-state index in [1.807, 2.05) is 13.8 Å². The van der Waals surface area contributed by atoms with Crippen LogP contribution < -0.4 is 5.32 Å². The molecule has 1 aromatic carbocycles. The van der Waals surface area contributed by atoms with E-state index in [0.717, 1.165) is 16.8 Å². The van der Waals surface area contributed by atoms with E-state index in [0.29, 0.717) is 28.7 Å². The van der Waals surface area contributed by atoms with Gasteiger partial charge in [-0.05, 0) is 55.3 Å². The molecule has 0 aliphatic carbocycles. The van der Waals surface area contributed by atoms with Gasteiger partial charge in [0.1, 0.15) is 17.6 Å². The molecule has 0 fully saturated rings. The van der Waals surface area contributed by atoms with Crippen molar-refractivity contribution in [1.82, 2.24) is 4.57 Å². The molecule has 8 heteroatoms. The van der Waals surface area contributed by atoms with Crippen LogP contribution in [0.1, 0.15) is 28.1 Å². The standard InChI is InChI=1S/C23H20ClN3O4/c1-15-16(2)27(13-19-7-4-10-30-19)23(20(15)12-25)26-21(28)14-31-22(29)9-8-17-5-3-6-18(24)11-17/h3-11H,13-14H2,1-2H3,(H,26,28)/b9-8+. The van der Waals surface area contributed by atoms with Crippen molar-refractivity contribution in [3.63, 3.8) is 0 Å². The second kappa shape index (κ2) is 9.83. The van der Waals surface area contributed by atoms with E-state index < -0.39 is 18.5 Å². The first kappa shape index (κ1) is 21.9. The highest BCUT2D eigenvalue weighted by atomic mass is 35.5. The van der Waals surface area contributed by atoms with Gasteiger partial charge in [0.25, 0.3) is 5.91 Å². The average Bonchev–Trinajstić information content (AvgIpc) is 3.34. The molecule has 0 bridgehead atoms. The monoisotopic (exact) mass is 437 g/mol. The van der Waals surface area contributed by atoms with Crippen molar-refractivity contribution in [2.24, 2.45) is 0 Å². The number of halogens is 1.